The smallest absolute Gasteiger partial charge is 0.246 e. The highest BCUT2D eigenvalue weighted by atomic mass is 16.1. The number of carbonyl (C=O) groups is 1. The van der Waals surface area contributed by atoms with Crippen LogP contribution in [-0.4, -0.2) is 39.1 Å². The SMILES string of the molecule is CC(C(=O)NCCCN(C)c1ccccc1)=C1CNC1. The number of hydrogen-bond acceptors (Lipinski definition) is 3. The fourth-order valence-corrected chi connectivity index (χ4v) is 2.14. The number of carbonyl (C=O) groups excluding carboxylic acids is 1. The van der Waals surface area contributed by atoms with E-state index >= 15 is 0 Å². The summed E-state index contributed by atoms with van der Waals surface area (Å²) in [6.07, 6.45) is 0.942. The van der Waals surface area contributed by atoms with Crippen molar-refractivity contribution in [2.75, 3.05) is 38.1 Å². The first-order valence-electron chi connectivity index (χ1n) is 7.12. The molecule has 1 heterocycles. The molecule has 108 valence electrons. The summed E-state index contributed by atoms with van der Waals surface area (Å²) in [7, 11) is 2.07. The van der Waals surface area contributed by atoms with Gasteiger partial charge in [0.2, 0.25) is 5.91 Å². The topological polar surface area (TPSA) is 44.4 Å². The Hall–Kier alpha value is -1.81. The molecule has 1 aromatic rings. The van der Waals surface area contributed by atoms with Crippen LogP contribution in [0.25, 0.3) is 0 Å². The largest absolute Gasteiger partial charge is 0.375 e. The second-order valence-electron chi connectivity index (χ2n) is 5.20. The zero-order chi connectivity index (χ0) is 14.4. The molecule has 1 amide bonds. The van der Waals surface area contributed by atoms with Gasteiger partial charge in [-0.2, -0.15) is 0 Å². The molecule has 1 aliphatic heterocycles. The van der Waals surface area contributed by atoms with Crippen molar-refractivity contribution in [1.29, 1.82) is 0 Å². The number of anilines is 1. The Kier molecular flexibility index (Phi) is 5.18. The van der Waals surface area contributed by atoms with E-state index in [4.69, 9.17) is 0 Å². The molecule has 0 aliphatic carbocycles. The summed E-state index contributed by atoms with van der Waals surface area (Å²) in [5.41, 5.74) is 3.31. The fourth-order valence-electron chi connectivity index (χ4n) is 2.14. The van der Waals surface area contributed by atoms with Crippen molar-refractivity contribution < 1.29 is 4.79 Å². The van der Waals surface area contributed by atoms with Crippen LogP contribution in [0, 0.1) is 0 Å². The van der Waals surface area contributed by atoms with E-state index in [9.17, 15) is 4.79 Å². The van der Waals surface area contributed by atoms with E-state index in [-0.39, 0.29) is 5.91 Å². The highest BCUT2D eigenvalue weighted by Crippen LogP contribution is 2.11. The van der Waals surface area contributed by atoms with Crippen LogP contribution in [0.15, 0.2) is 41.5 Å². The Morgan fingerprint density at radius 1 is 1.30 bits per heavy atom. The molecular formula is C16H23N3O. The molecule has 20 heavy (non-hydrogen) atoms. The molecule has 0 saturated carbocycles. The van der Waals surface area contributed by atoms with Crippen LogP contribution in [-0.2, 0) is 4.79 Å². The maximum atomic E-state index is 11.9. The summed E-state index contributed by atoms with van der Waals surface area (Å²) in [5.74, 6) is 0.0730. The van der Waals surface area contributed by atoms with Crippen molar-refractivity contribution in [1.82, 2.24) is 10.6 Å². The van der Waals surface area contributed by atoms with E-state index in [1.54, 1.807) is 0 Å². The quantitative estimate of drug-likeness (QED) is 0.610. The normalized spacial score (nSPS) is 13.6. The zero-order valence-corrected chi connectivity index (χ0v) is 12.3. The van der Waals surface area contributed by atoms with E-state index in [0.29, 0.717) is 6.54 Å². The monoisotopic (exact) mass is 273 g/mol. The van der Waals surface area contributed by atoms with Crippen LogP contribution >= 0.6 is 0 Å². The van der Waals surface area contributed by atoms with Gasteiger partial charge in [0.25, 0.3) is 0 Å². The number of nitrogens with one attached hydrogen (secondary N) is 2. The van der Waals surface area contributed by atoms with E-state index in [2.05, 4.69) is 34.7 Å². The lowest BCUT2D eigenvalue weighted by atomic mass is 10.0. The Balaban J connectivity index is 1.68. The average Bonchev–Trinajstić information content (AvgIpc) is 2.42. The molecule has 1 saturated heterocycles. The molecule has 0 bridgehead atoms. The van der Waals surface area contributed by atoms with Crippen LogP contribution in [0.4, 0.5) is 5.69 Å². The van der Waals surface area contributed by atoms with Crippen molar-refractivity contribution in [3.63, 3.8) is 0 Å². The van der Waals surface area contributed by atoms with Crippen LogP contribution in [0.2, 0.25) is 0 Å². The lowest BCUT2D eigenvalue weighted by Crippen LogP contribution is -2.38. The van der Waals surface area contributed by atoms with Crippen LogP contribution in [0.1, 0.15) is 13.3 Å². The Bertz CT molecular complexity index is 476. The number of para-hydroxylation sites is 1. The van der Waals surface area contributed by atoms with Gasteiger partial charge < -0.3 is 15.5 Å². The molecular weight excluding hydrogens is 250 g/mol. The summed E-state index contributed by atoms with van der Waals surface area (Å²) in [6.45, 7) is 5.27. The van der Waals surface area contributed by atoms with Crippen molar-refractivity contribution in [3.8, 4) is 0 Å². The molecule has 1 aliphatic rings. The first-order valence-corrected chi connectivity index (χ1v) is 7.12. The van der Waals surface area contributed by atoms with Crippen LogP contribution in [0.5, 0.6) is 0 Å². The number of amides is 1. The van der Waals surface area contributed by atoms with Crippen LogP contribution in [0.3, 0.4) is 0 Å². The van der Waals surface area contributed by atoms with E-state index < -0.39 is 0 Å². The maximum absolute atomic E-state index is 11.9. The first kappa shape index (κ1) is 14.6. The van der Waals surface area contributed by atoms with Gasteiger partial charge in [0.05, 0.1) is 0 Å². The molecule has 1 aromatic carbocycles. The third-order valence-electron chi connectivity index (χ3n) is 3.70. The molecule has 4 nitrogen and oxygen atoms in total. The Morgan fingerprint density at radius 3 is 2.60 bits per heavy atom. The lowest BCUT2D eigenvalue weighted by molar-refractivity contribution is -0.117. The minimum absolute atomic E-state index is 0.0730. The predicted octanol–water partition coefficient (Wildman–Crippen LogP) is 1.55. The van der Waals surface area contributed by atoms with Gasteiger partial charge in [-0.25, -0.2) is 0 Å². The first-order chi connectivity index (χ1) is 9.68. The summed E-state index contributed by atoms with van der Waals surface area (Å²) in [5, 5.41) is 6.14. The fraction of sp³-hybridized carbons (Fsp3) is 0.438. The van der Waals surface area contributed by atoms with E-state index in [1.807, 2.05) is 25.1 Å². The standard InChI is InChI=1S/C16H23N3O/c1-13(14-11-17-12-14)16(20)18-9-6-10-19(2)15-7-4-3-5-8-15/h3-5,7-8,17H,6,9-12H2,1-2H3,(H,18,20). The average molecular weight is 273 g/mol. The molecule has 0 aromatic heterocycles. The number of hydrogen-bond donors (Lipinski definition) is 2. The van der Waals surface area contributed by atoms with E-state index in [0.717, 1.165) is 31.6 Å². The Morgan fingerprint density at radius 2 is 2.00 bits per heavy atom. The van der Waals surface area contributed by atoms with Crippen molar-refractivity contribution in [3.05, 3.63) is 41.5 Å². The molecule has 0 unspecified atom stereocenters. The summed E-state index contributed by atoms with van der Waals surface area (Å²) in [6, 6.07) is 10.3. The van der Waals surface area contributed by atoms with Crippen molar-refractivity contribution in [2.45, 2.75) is 13.3 Å². The predicted molar refractivity (Wildman–Crippen MR) is 82.9 cm³/mol. The van der Waals surface area contributed by atoms with Gasteiger partial charge in [0.15, 0.2) is 0 Å². The van der Waals surface area contributed by atoms with Gasteiger partial charge in [0.1, 0.15) is 0 Å². The van der Waals surface area contributed by atoms with Crippen molar-refractivity contribution in [2.24, 2.45) is 0 Å². The highest BCUT2D eigenvalue weighted by molar-refractivity contribution is 5.93. The summed E-state index contributed by atoms with van der Waals surface area (Å²) >= 11 is 0. The number of rotatable bonds is 6. The van der Waals surface area contributed by atoms with E-state index in [1.165, 1.54) is 11.3 Å². The second-order valence-corrected chi connectivity index (χ2v) is 5.20. The van der Waals surface area contributed by atoms with Gasteiger partial charge in [-0.1, -0.05) is 18.2 Å². The molecule has 0 radical (unpaired) electrons. The lowest BCUT2D eigenvalue weighted by Gasteiger charge is -2.22. The number of nitrogens with zero attached hydrogens (tertiary/aromatic N) is 1. The molecule has 2 rings (SSSR count). The minimum Gasteiger partial charge on any atom is -0.375 e. The molecule has 4 heteroatoms. The minimum atomic E-state index is 0.0730. The van der Waals surface area contributed by atoms with Gasteiger partial charge in [0, 0.05) is 44.5 Å². The highest BCUT2D eigenvalue weighted by Gasteiger charge is 2.15. The molecule has 0 atom stereocenters. The Labute approximate surface area is 120 Å². The number of benzene rings is 1. The molecule has 0 spiro atoms. The summed E-state index contributed by atoms with van der Waals surface area (Å²) < 4.78 is 0. The van der Waals surface area contributed by atoms with Gasteiger partial charge in [-0.05, 0) is 31.1 Å². The van der Waals surface area contributed by atoms with Gasteiger partial charge >= 0.3 is 0 Å². The van der Waals surface area contributed by atoms with Gasteiger partial charge in [-0.15, -0.1) is 0 Å². The second kappa shape index (κ2) is 7.10. The third-order valence-corrected chi connectivity index (χ3v) is 3.70. The summed E-state index contributed by atoms with van der Waals surface area (Å²) in [4.78, 5) is 14.1. The van der Waals surface area contributed by atoms with Crippen LogP contribution < -0.4 is 15.5 Å². The van der Waals surface area contributed by atoms with Gasteiger partial charge in [-0.3, -0.25) is 4.79 Å². The van der Waals surface area contributed by atoms with Crippen molar-refractivity contribution >= 4 is 11.6 Å². The maximum Gasteiger partial charge on any atom is 0.246 e. The molecule has 1 fully saturated rings. The zero-order valence-electron chi connectivity index (χ0n) is 12.3. The molecule has 2 N–H and O–H groups in total. The third kappa shape index (κ3) is 3.84.